The van der Waals surface area contributed by atoms with E-state index in [-0.39, 0.29) is 0 Å². The third-order valence-electron chi connectivity index (χ3n) is 28.4. The van der Waals surface area contributed by atoms with E-state index in [1.54, 1.807) is 0 Å². The SMILES string of the molecule is c1ccc(-c2ccc(-c3nc(-c4ccc5c(c4)c4ccccc4n5-c4ccccc4)nc(-c4cccc5c4oc4ccccc45)n3)cc2)cc1.c1ccc(-c2ccc(-c3nc(-c4ccc5c6ccccc6n(-c6ccccc6)c5c4)nc(-c4cccc5c4oc4ccccc45)n3)cc2)cc1.c1ccc(-c2ccc(-c3nc(-c4cccc5c4oc4ccccc45)nc(-c4cccc5c6ccccc6n(-c6ccccc6)c45)n3)cc2)cc1. The molecule has 0 bridgehead atoms. The first-order chi connectivity index (χ1) is 74.4. The monoisotopic (exact) mass is 1920 g/mol. The Morgan fingerprint density at radius 3 is 0.773 bits per heavy atom. The van der Waals surface area contributed by atoms with Gasteiger partial charge >= 0.3 is 0 Å². The number of hydrogen-bond acceptors (Lipinski definition) is 12. The minimum Gasteiger partial charge on any atom is -0.455 e. The Kier molecular flexibility index (Phi) is 21.5. The van der Waals surface area contributed by atoms with Gasteiger partial charge in [-0.15, -0.1) is 0 Å². The molecular formula is C135H84N12O3. The van der Waals surface area contributed by atoms with Gasteiger partial charge in [-0.25, -0.2) is 44.9 Å². The van der Waals surface area contributed by atoms with Crippen molar-refractivity contribution in [1.29, 1.82) is 0 Å². The second-order valence-corrected chi connectivity index (χ2v) is 37.3. The van der Waals surface area contributed by atoms with Crippen LogP contribution in [0.4, 0.5) is 0 Å². The van der Waals surface area contributed by atoms with Crippen molar-refractivity contribution in [3.63, 3.8) is 0 Å². The summed E-state index contributed by atoms with van der Waals surface area (Å²) < 4.78 is 26.3. The van der Waals surface area contributed by atoms with E-state index in [2.05, 4.69) is 396 Å². The lowest BCUT2D eigenvalue weighted by Crippen LogP contribution is -2.02. The van der Waals surface area contributed by atoms with Crippen LogP contribution in [-0.2, 0) is 0 Å². The first-order valence-corrected chi connectivity index (χ1v) is 50.1. The molecular weight excluding hydrogens is 1840 g/mol. The minimum absolute atomic E-state index is 0.557. The third kappa shape index (κ3) is 15.6. The van der Waals surface area contributed by atoms with Gasteiger partial charge in [0.25, 0.3) is 0 Å². The quantitative estimate of drug-likeness (QED) is 0.0953. The van der Waals surface area contributed by atoms with Crippen molar-refractivity contribution >= 4 is 131 Å². The molecule has 0 aliphatic heterocycles. The summed E-state index contributed by atoms with van der Waals surface area (Å²) in [6, 6.07) is 176. The van der Waals surface area contributed by atoms with Crippen molar-refractivity contribution in [3.8, 4) is 153 Å². The van der Waals surface area contributed by atoms with Crippen molar-refractivity contribution in [2.24, 2.45) is 0 Å². The summed E-state index contributed by atoms with van der Waals surface area (Å²) in [7, 11) is 0. The predicted molar refractivity (Wildman–Crippen MR) is 610 cm³/mol. The molecule has 0 atom stereocenters. The number of furan rings is 3. The molecule has 702 valence electrons. The highest BCUT2D eigenvalue weighted by Crippen LogP contribution is 2.46. The van der Waals surface area contributed by atoms with Gasteiger partial charge in [-0.1, -0.05) is 388 Å². The maximum atomic E-state index is 6.48. The van der Waals surface area contributed by atoms with Crippen molar-refractivity contribution < 1.29 is 13.3 Å². The van der Waals surface area contributed by atoms with Gasteiger partial charge in [-0.05, 0) is 155 Å². The van der Waals surface area contributed by atoms with Crippen LogP contribution in [0.15, 0.2) is 523 Å². The van der Waals surface area contributed by atoms with Gasteiger partial charge in [-0.3, -0.25) is 0 Å². The van der Waals surface area contributed by atoms with Crippen LogP contribution in [0.25, 0.3) is 284 Å². The van der Waals surface area contributed by atoms with E-state index in [4.69, 9.17) is 58.1 Å². The summed E-state index contributed by atoms with van der Waals surface area (Å²) in [4.78, 5) is 46.3. The number of rotatable bonds is 15. The topological polar surface area (TPSA) is 170 Å². The van der Waals surface area contributed by atoms with E-state index in [1.165, 1.54) is 21.5 Å². The van der Waals surface area contributed by atoms with Gasteiger partial charge in [0.05, 0.1) is 49.8 Å². The van der Waals surface area contributed by atoms with Crippen LogP contribution in [0, 0.1) is 0 Å². The normalized spacial score (nSPS) is 11.6. The van der Waals surface area contributed by atoms with Crippen LogP contribution in [-0.4, -0.2) is 58.6 Å². The molecule has 0 radical (unpaired) electrons. The van der Waals surface area contributed by atoms with Crippen LogP contribution in [0.5, 0.6) is 0 Å². The summed E-state index contributed by atoms with van der Waals surface area (Å²) in [6.07, 6.45) is 0. The molecule has 0 N–H and O–H groups in total. The molecule has 15 nitrogen and oxygen atoms in total. The Morgan fingerprint density at radius 1 is 0.133 bits per heavy atom. The third-order valence-corrected chi connectivity index (χ3v) is 28.4. The fraction of sp³-hybridized carbons (Fsp3) is 0. The van der Waals surface area contributed by atoms with Crippen LogP contribution in [0.1, 0.15) is 0 Å². The first kappa shape index (κ1) is 87.3. The molecule has 30 aromatic rings. The number of para-hydroxylation sites is 13. The number of benzene rings is 21. The molecule has 150 heavy (non-hydrogen) atoms. The Bertz CT molecular complexity index is 10400. The minimum atomic E-state index is 0.557. The molecule has 0 aliphatic carbocycles. The zero-order valence-electron chi connectivity index (χ0n) is 80.6. The van der Waals surface area contributed by atoms with Gasteiger partial charge in [0.2, 0.25) is 0 Å². The van der Waals surface area contributed by atoms with Crippen molar-refractivity contribution in [2.75, 3.05) is 0 Å². The molecule has 0 spiro atoms. The number of nitrogens with zero attached hydrogens (tertiary/aromatic N) is 12. The van der Waals surface area contributed by atoms with Gasteiger partial charge < -0.3 is 27.0 Å². The van der Waals surface area contributed by atoms with E-state index in [0.717, 1.165) is 210 Å². The van der Waals surface area contributed by atoms with E-state index >= 15 is 0 Å². The molecule has 9 heterocycles. The molecule has 21 aromatic carbocycles. The van der Waals surface area contributed by atoms with Gasteiger partial charge in [0.15, 0.2) is 52.4 Å². The summed E-state index contributed by atoms with van der Waals surface area (Å²) in [5, 5.41) is 13.3. The maximum absolute atomic E-state index is 6.48. The number of hydrogen-bond donors (Lipinski definition) is 0. The van der Waals surface area contributed by atoms with Crippen LogP contribution in [0.2, 0.25) is 0 Å². The molecule has 30 rings (SSSR count). The van der Waals surface area contributed by atoms with E-state index in [0.29, 0.717) is 52.4 Å². The zero-order valence-corrected chi connectivity index (χ0v) is 80.6. The lowest BCUT2D eigenvalue weighted by molar-refractivity contribution is 0.669. The van der Waals surface area contributed by atoms with Gasteiger partial charge in [-0.2, -0.15) is 0 Å². The molecule has 0 saturated carbocycles. The molecule has 9 aromatic heterocycles. The molecule has 0 saturated heterocycles. The second kappa shape index (κ2) is 37.0. The number of aromatic nitrogens is 12. The molecule has 0 unspecified atom stereocenters. The largest absolute Gasteiger partial charge is 0.455 e. The Hall–Kier alpha value is -20.6. The van der Waals surface area contributed by atoms with Crippen molar-refractivity contribution in [3.05, 3.63) is 510 Å². The van der Waals surface area contributed by atoms with Gasteiger partial charge in [0, 0.05) is 115 Å². The fourth-order valence-corrected chi connectivity index (χ4v) is 21.3. The van der Waals surface area contributed by atoms with Gasteiger partial charge in [0.1, 0.15) is 33.5 Å². The van der Waals surface area contributed by atoms with E-state index in [1.807, 2.05) is 127 Å². The average molecular weight is 1920 g/mol. The van der Waals surface area contributed by atoms with Crippen LogP contribution in [0.3, 0.4) is 0 Å². The summed E-state index contributed by atoms with van der Waals surface area (Å²) >= 11 is 0. The van der Waals surface area contributed by atoms with E-state index in [9.17, 15) is 0 Å². The first-order valence-electron chi connectivity index (χ1n) is 50.1. The smallest absolute Gasteiger partial charge is 0.167 e. The Morgan fingerprint density at radius 2 is 0.373 bits per heavy atom. The fourth-order valence-electron chi connectivity index (χ4n) is 21.3. The van der Waals surface area contributed by atoms with Crippen molar-refractivity contribution in [1.82, 2.24) is 58.6 Å². The second-order valence-electron chi connectivity index (χ2n) is 37.3. The van der Waals surface area contributed by atoms with Crippen molar-refractivity contribution in [2.45, 2.75) is 0 Å². The standard InChI is InChI=1S/3C45H28N4O/c1-3-13-29(14-4-1)30-25-27-31(28-26-30)43-46-44(48-45(47-43)38-22-12-20-36-34-18-8-10-24-40(34)50-42(36)38)37-21-11-19-35-33-17-7-9-23-39(33)49(41(35)37)32-15-5-2-6-16-32;1-3-12-29(13-4-1)30-22-24-31(25-23-30)43-46-44(48-45(47-43)38-19-11-18-37-36-17-8-10-21-41(36)50-42(37)38)32-26-27-35-34-16-7-9-20-39(34)49(40(35)28-32)33-14-5-2-6-15-33;1-3-12-29(13-4-1)30-22-24-31(25-23-30)43-46-44(48-45(47-43)37-19-11-18-36-35-17-8-10-21-41(35)50-42(36)37)32-26-27-40-38(28-32)34-16-7-9-20-39(34)49(40)33-14-5-2-6-15-33/h3*1-28H. The highest BCUT2D eigenvalue weighted by molar-refractivity contribution is 6.17. The lowest BCUT2D eigenvalue weighted by atomic mass is 10.0. The Labute approximate surface area is 859 Å². The van der Waals surface area contributed by atoms with Crippen LogP contribution >= 0.6 is 0 Å². The van der Waals surface area contributed by atoms with E-state index < -0.39 is 0 Å². The lowest BCUT2D eigenvalue weighted by Gasteiger charge is -2.13. The molecule has 15 heteroatoms. The summed E-state index contributed by atoms with van der Waals surface area (Å²) in [5.74, 6) is 5.26. The summed E-state index contributed by atoms with van der Waals surface area (Å²) in [6.45, 7) is 0. The molecule has 0 aliphatic rings. The Balaban J connectivity index is 0.000000108. The van der Waals surface area contributed by atoms with Crippen LogP contribution < -0.4 is 0 Å². The highest BCUT2D eigenvalue weighted by atomic mass is 16.3. The molecule has 0 fully saturated rings. The predicted octanol–water partition coefficient (Wildman–Crippen LogP) is 34.6. The average Bonchev–Trinajstić information content (AvgIpc) is 1.57. The maximum Gasteiger partial charge on any atom is 0.167 e. The number of fused-ring (bicyclic) bond motifs is 18. The highest BCUT2D eigenvalue weighted by Gasteiger charge is 2.27. The molecule has 0 amide bonds. The zero-order chi connectivity index (χ0) is 99.1. The summed E-state index contributed by atoms with van der Waals surface area (Å²) in [5.41, 5.74) is 29.6.